The van der Waals surface area contributed by atoms with Crippen molar-refractivity contribution in [3.8, 4) is 6.07 Å². The zero-order valence-electron chi connectivity index (χ0n) is 10.2. The highest BCUT2D eigenvalue weighted by Crippen LogP contribution is 2.25. The molecule has 1 aromatic rings. The third-order valence-corrected chi connectivity index (χ3v) is 2.67. The van der Waals surface area contributed by atoms with Crippen LogP contribution in [0.3, 0.4) is 0 Å². The van der Waals surface area contributed by atoms with Gasteiger partial charge in [0.2, 0.25) is 0 Å². The highest BCUT2D eigenvalue weighted by atomic mass is 16.6. The maximum Gasteiger partial charge on any atom is 0.275 e. The molecule has 0 amide bonds. The third-order valence-electron chi connectivity index (χ3n) is 2.67. The quantitative estimate of drug-likeness (QED) is 0.613. The van der Waals surface area contributed by atoms with Crippen LogP contribution in [0.2, 0.25) is 0 Å². The van der Waals surface area contributed by atoms with Gasteiger partial charge in [-0.3, -0.25) is 10.1 Å². The molecule has 0 fully saturated rings. The molecule has 0 saturated carbocycles. The molecule has 0 aliphatic heterocycles. The van der Waals surface area contributed by atoms with Crippen molar-refractivity contribution in [2.24, 2.45) is 0 Å². The van der Waals surface area contributed by atoms with Crippen molar-refractivity contribution in [2.45, 2.75) is 20.0 Å². The molecule has 0 unspecified atom stereocenters. The summed E-state index contributed by atoms with van der Waals surface area (Å²) in [6.45, 7) is 2.83. The molecule has 96 valence electrons. The molecule has 18 heavy (non-hydrogen) atoms. The number of benzene rings is 1. The van der Waals surface area contributed by atoms with Gasteiger partial charge >= 0.3 is 0 Å². The number of rotatable bonds is 6. The van der Waals surface area contributed by atoms with E-state index < -0.39 is 4.92 Å². The number of anilines is 1. The number of hydrogen-bond acceptors (Lipinski definition) is 5. The van der Waals surface area contributed by atoms with E-state index in [9.17, 15) is 10.1 Å². The predicted molar refractivity (Wildman–Crippen MR) is 67.1 cm³/mol. The summed E-state index contributed by atoms with van der Waals surface area (Å²) in [5, 5.41) is 28.5. The first kappa shape index (κ1) is 13.9. The van der Waals surface area contributed by atoms with Crippen LogP contribution in [0.1, 0.15) is 18.9 Å². The molecule has 0 aliphatic carbocycles. The summed E-state index contributed by atoms with van der Waals surface area (Å²) >= 11 is 0. The van der Waals surface area contributed by atoms with Gasteiger partial charge in [0, 0.05) is 24.8 Å². The minimum Gasteiger partial charge on any atom is -0.391 e. The Hall–Kier alpha value is -2.13. The summed E-state index contributed by atoms with van der Waals surface area (Å²) in [5.41, 5.74) is 0.980. The van der Waals surface area contributed by atoms with Gasteiger partial charge in [0.15, 0.2) is 0 Å². The van der Waals surface area contributed by atoms with Gasteiger partial charge in [0.25, 0.3) is 5.69 Å². The normalized spacial score (nSPS) is 9.83. The first-order valence-corrected chi connectivity index (χ1v) is 5.64. The first-order valence-electron chi connectivity index (χ1n) is 5.64. The predicted octanol–water partition coefficient (Wildman–Crippen LogP) is 1.83. The van der Waals surface area contributed by atoms with Crippen molar-refractivity contribution < 1.29 is 10.0 Å². The first-order chi connectivity index (χ1) is 8.63. The molecular formula is C12H15N3O3. The van der Waals surface area contributed by atoms with E-state index in [-0.39, 0.29) is 17.9 Å². The van der Waals surface area contributed by atoms with Crippen LogP contribution in [-0.4, -0.2) is 23.1 Å². The van der Waals surface area contributed by atoms with Crippen molar-refractivity contribution in [2.75, 3.05) is 18.0 Å². The topological polar surface area (TPSA) is 90.4 Å². The zero-order chi connectivity index (χ0) is 13.5. The minimum atomic E-state index is -0.513. The number of nitrogens with zero attached hydrogens (tertiary/aromatic N) is 3. The van der Waals surface area contributed by atoms with Crippen LogP contribution in [0, 0.1) is 21.4 Å². The Morgan fingerprint density at radius 3 is 2.78 bits per heavy atom. The Balaban J connectivity index is 3.03. The second kappa shape index (κ2) is 6.57. The molecule has 1 N–H and O–H groups in total. The summed E-state index contributed by atoms with van der Waals surface area (Å²) < 4.78 is 0. The molecular weight excluding hydrogens is 234 g/mol. The Bertz CT molecular complexity index is 468. The zero-order valence-corrected chi connectivity index (χ0v) is 10.2. The lowest BCUT2D eigenvalue weighted by Crippen LogP contribution is -2.23. The van der Waals surface area contributed by atoms with Crippen LogP contribution >= 0.6 is 0 Å². The van der Waals surface area contributed by atoms with Crippen LogP contribution in [0.5, 0.6) is 0 Å². The molecule has 0 saturated heterocycles. The van der Waals surface area contributed by atoms with E-state index in [1.54, 1.807) is 12.1 Å². The lowest BCUT2D eigenvalue weighted by Gasteiger charge is -2.22. The Morgan fingerprint density at radius 2 is 2.28 bits per heavy atom. The number of hydrogen-bond donors (Lipinski definition) is 1. The molecule has 0 spiro atoms. The maximum atomic E-state index is 10.7. The molecule has 0 heterocycles. The lowest BCUT2D eigenvalue weighted by molar-refractivity contribution is -0.385. The lowest BCUT2D eigenvalue weighted by atomic mass is 10.1. The summed E-state index contributed by atoms with van der Waals surface area (Å²) in [6.07, 6.45) is 0.388. The monoisotopic (exact) mass is 249 g/mol. The minimum absolute atomic E-state index is 0.0856. The molecule has 0 aliphatic rings. The van der Waals surface area contributed by atoms with E-state index in [0.29, 0.717) is 19.5 Å². The standard InChI is InChI=1S/C12H15N3O3/c1-2-14(7-3-6-13)11-4-5-12(15(17)18)10(8-11)9-16/h4-5,8,16H,2-3,7,9H2,1H3. The number of nitro groups is 1. The fourth-order valence-corrected chi connectivity index (χ4v) is 1.73. The number of aliphatic hydroxyl groups is 1. The van der Waals surface area contributed by atoms with E-state index in [2.05, 4.69) is 6.07 Å². The summed E-state index contributed by atoms with van der Waals surface area (Å²) in [7, 11) is 0. The van der Waals surface area contributed by atoms with E-state index >= 15 is 0 Å². The fraction of sp³-hybridized carbons (Fsp3) is 0.417. The van der Waals surface area contributed by atoms with Crippen LogP contribution in [0.4, 0.5) is 11.4 Å². The third kappa shape index (κ3) is 3.18. The number of nitriles is 1. The van der Waals surface area contributed by atoms with E-state index in [0.717, 1.165) is 5.69 Å². The Kier molecular flexibility index (Phi) is 5.08. The Labute approximate surface area is 105 Å². The highest BCUT2D eigenvalue weighted by molar-refractivity contribution is 5.55. The van der Waals surface area contributed by atoms with Gasteiger partial charge in [-0.25, -0.2) is 0 Å². The molecule has 0 aromatic heterocycles. The maximum absolute atomic E-state index is 10.7. The largest absolute Gasteiger partial charge is 0.391 e. The fourth-order valence-electron chi connectivity index (χ4n) is 1.73. The summed E-state index contributed by atoms with van der Waals surface area (Å²) in [4.78, 5) is 12.2. The van der Waals surface area contributed by atoms with E-state index in [1.165, 1.54) is 6.07 Å². The van der Waals surface area contributed by atoms with Gasteiger partial charge in [-0.2, -0.15) is 5.26 Å². The number of aliphatic hydroxyl groups excluding tert-OH is 1. The molecule has 1 rings (SSSR count). The average molecular weight is 249 g/mol. The van der Waals surface area contributed by atoms with Crippen molar-refractivity contribution in [3.05, 3.63) is 33.9 Å². The molecule has 0 radical (unpaired) electrons. The van der Waals surface area contributed by atoms with Gasteiger partial charge < -0.3 is 10.0 Å². The SMILES string of the molecule is CCN(CCC#N)c1ccc([N+](=O)[O-])c(CO)c1. The van der Waals surface area contributed by atoms with Gasteiger partial charge in [-0.15, -0.1) is 0 Å². The van der Waals surface area contributed by atoms with Gasteiger partial charge in [0.1, 0.15) is 0 Å². The van der Waals surface area contributed by atoms with Crippen molar-refractivity contribution in [1.29, 1.82) is 5.26 Å². The molecule has 0 atom stereocenters. The van der Waals surface area contributed by atoms with E-state index in [1.807, 2.05) is 11.8 Å². The van der Waals surface area contributed by atoms with Gasteiger partial charge in [-0.05, 0) is 19.1 Å². The van der Waals surface area contributed by atoms with Crippen LogP contribution < -0.4 is 4.90 Å². The highest BCUT2D eigenvalue weighted by Gasteiger charge is 2.15. The van der Waals surface area contributed by atoms with Gasteiger partial charge in [0.05, 0.1) is 29.6 Å². The second-order valence-electron chi connectivity index (χ2n) is 3.72. The average Bonchev–Trinajstić information content (AvgIpc) is 2.39. The van der Waals surface area contributed by atoms with Crippen LogP contribution in [0.25, 0.3) is 0 Å². The van der Waals surface area contributed by atoms with Crippen LogP contribution in [-0.2, 0) is 6.61 Å². The second-order valence-corrected chi connectivity index (χ2v) is 3.72. The van der Waals surface area contributed by atoms with Crippen molar-refractivity contribution in [1.82, 2.24) is 0 Å². The van der Waals surface area contributed by atoms with Crippen LogP contribution in [0.15, 0.2) is 18.2 Å². The number of nitro benzene ring substituents is 1. The molecule has 1 aromatic carbocycles. The molecule has 6 heteroatoms. The molecule has 0 bridgehead atoms. The summed E-state index contributed by atoms with van der Waals surface area (Å²) in [5.74, 6) is 0. The summed E-state index contributed by atoms with van der Waals surface area (Å²) in [6, 6.07) is 6.68. The van der Waals surface area contributed by atoms with Crippen molar-refractivity contribution >= 4 is 11.4 Å². The smallest absolute Gasteiger partial charge is 0.275 e. The Morgan fingerprint density at radius 1 is 1.56 bits per heavy atom. The van der Waals surface area contributed by atoms with E-state index in [4.69, 9.17) is 10.4 Å². The van der Waals surface area contributed by atoms with Crippen molar-refractivity contribution in [3.63, 3.8) is 0 Å². The molecule has 6 nitrogen and oxygen atoms in total. The van der Waals surface area contributed by atoms with Gasteiger partial charge in [-0.1, -0.05) is 0 Å².